The van der Waals surface area contributed by atoms with Crippen molar-refractivity contribution in [2.24, 2.45) is 63.1 Å². The Morgan fingerprint density at radius 3 is 2.33 bits per heavy atom. The summed E-state index contributed by atoms with van der Waals surface area (Å²) in [5, 5.41) is 15.5. The first-order valence-corrected chi connectivity index (χ1v) is 14.3. The minimum atomic E-state index is -0.203. The number of hydrazone groups is 1. The van der Waals surface area contributed by atoms with Crippen LogP contribution in [0.1, 0.15) is 105 Å². The molecule has 0 bridgehead atoms. The Hall–Kier alpha value is 0.588. The van der Waals surface area contributed by atoms with Gasteiger partial charge in [0.2, 0.25) is 0 Å². The van der Waals surface area contributed by atoms with E-state index in [1.54, 1.807) is 0 Å². The zero-order chi connectivity index (χ0) is 24.0. The van der Waals surface area contributed by atoms with Gasteiger partial charge in [-0.15, -0.1) is 0 Å². The fourth-order valence-electron chi connectivity index (χ4n) is 9.32. The van der Waals surface area contributed by atoms with Crippen molar-refractivity contribution in [2.45, 2.75) is 111 Å². The number of nitrogens with one attached hydrogen (secondary N) is 1. The zero-order valence-electron chi connectivity index (χ0n) is 22.8. The van der Waals surface area contributed by atoms with Crippen molar-refractivity contribution in [1.82, 2.24) is 5.43 Å². The largest absolute Gasteiger partial charge is 2.00 e. The molecule has 4 fully saturated rings. The summed E-state index contributed by atoms with van der Waals surface area (Å²) in [5.74, 6) is 5.12. The van der Waals surface area contributed by atoms with Crippen LogP contribution in [0.5, 0.6) is 0 Å². The van der Waals surface area contributed by atoms with Crippen LogP contribution in [0.15, 0.2) is 5.10 Å². The molecule has 0 amide bonds. The second-order valence-electron chi connectivity index (χ2n) is 13.2. The SMILES string of the molecule is CC(C)CCC[C@@H](C)[C@H]1CC[C@H]2[C@@H]3C/C(=N\NC(N)=S)C4C[C@@H](O)CC[C@]4(C)[C@H]3CC[C@]12C.[Cl-].[Cl-].[Pt+2]. The number of hydrogen-bond acceptors (Lipinski definition) is 3. The molecule has 0 spiro atoms. The van der Waals surface area contributed by atoms with Gasteiger partial charge in [-0.3, -0.25) is 5.43 Å². The molecule has 0 aliphatic heterocycles. The van der Waals surface area contributed by atoms with Crippen molar-refractivity contribution in [1.29, 1.82) is 0 Å². The summed E-state index contributed by atoms with van der Waals surface area (Å²) in [7, 11) is 0. The quantitative estimate of drug-likeness (QED) is 0.271. The fraction of sp³-hybridized carbons (Fsp3) is 0.929. The predicted molar refractivity (Wildman–Crippen MR) is 142 cm³/mol. The first kappa shape index (κ1) is 34.6. The molecule has 4 saturated carbocycles. The van der Waals surface area contributed by atoms with E-state index in [4.69, 9.17) is 23.1 Å². The number of fused-ring (bicyclic) bond motifs is 5. The van der Waals surface area contributed by atoms with Crippen molar-refractivity contribution in [2.75, 3.05) is 0 Å². The second kappa shape index (κ2) is 13.8. The molecule has 0 radical (unpaired) electrons. The second-order valence-corrected chi connectivity index (χ2v) is 13.6. The number of aliphatic hydroxyl groups excluding tert-OH is 1. The molecule has 0 aromatic heterocycles. The Morgan fingerprint density at radius 2 is 1.69 bits per heavy atom. The van der Waals surface area contributed by atoms with E-state index < -0.39 is 0 Å². The zero-order valence-corrected chi connectivity index (χ0v) is 27.4. The molecule has 0 aromatic carbocycles. The van der Waals surface area contributed by atoms with E-state index >= 15 is 0 Å². The van der Waals surface area contributed by atoms with E-state index in [1.165, 1.54) is 50.7 Å². The van der Waals surface area contributed by atoms with E-state index in [1.807, 2.05) is 0 Å². The van der Waals surface area contributed by atoms with Crippen LogP contribution in [0.25, 0.3) is 0 Å². The van der Waals surface area contributed by atoms with Crippen LogP contribution >= 0.6 is 12.2 Å². The summed E-state index contributed by atoms with van der Waals surface area (Å²) in [6.45, 7) is 12.4. The summed E-state index contributed by atoms with van der Waals surface area (Å²) in [5.41, 5.74) is 10.6. The van der Waals surface area contributed by atoms with Gasteiger partial charge in [-0.2, -0.15) is 5.10 Å². The third-order valence-electron chi connectivity index (χ3n) is 11.0. The van der Waals surface area contributed by atoms with E-state index in [9.17, 15) is 5.11 Å². The van der Waals surface area contributed by atoms with Gasteiger partial charge < -0.3 is 35.7 Å². The minimum Gasteiger partial charge on any atom is -1.00 e. The van der Waals surface area contributed by atoms with Gasteiger partial charge in [0, 0.05) is 11.6 Å². The third-order valence-corrected chi connectivity index (χ3v) is 11.1. The van der Waals surface area contributed by atoms with Crippen LogP contribution in [-0.2, 0) is 21.1 Å². The van der Waals surface area contributed by atoms with Gasteiger partial charge in [-0.05, 0) is 110 Å². The van der Waals surface area contributed by atoms with E-state index in [-0.39, 0.29) is 62.5 Å². The molecule has 8 heteroatoms. The summed E-state index contributed by atoms with van der Waals surface area (Å²) in [4.78, 5) is 0. The van der Waals surface area contributed by atoms with Crippen LogP contribution in [0.3, 0.4) is 0 Å². The normalized spacial score (nSPS) is 41.0. The first-order chi connectivity index (χ1) is 15.6. The van der Waals surface area contributed by atoms with Gasteiger partial charge in [-0.1, -0.05) is 53.9 Å². The van der Waals surface area contributed by atoms with Crippen LogP contribution in [0.2, 0.25) is 0 Å². The minimum absolute atomic E-state index is 0. The molecule has 212 valence electrons. The number of rotatable bonds is 6. The van der Waals surface area contributed by atoms with Crippen LogP contribution in [0, 0.1) is 52.3 Å². The smallest absolute Gasteiger partial charge is 1.00 e. The maximum absolute atomic E-state index is 10.5. The number of aliphatic hydroxyl groups is 1. The van der Waals surface area contributed by atoms with E-state index in [0.29, 0.717) is 17.3 Å². The third kappa shape index (κ3) is 6.65. The molecule has 4 aliphatic rings. The molecule has 4 nitrogen and oxygen atoms in total. The topological polar surface area (TPSA) is 70.6 Å². The maximum Gasteiger partial charge on any atom is 2.00 e. The number of nitrogens with zero attached hydrogens (tertiary/aromatic N) is 1. The summed E-state index contributed by atoms with van der Waals surface area (Å²) >= 11 is 5.07. The monoisotopic (exact) mass is 740 g/mol. The summed E-state index contributed by atoms with van der Waals surface area (Å²) in [6, 6.07) is 0. The molecular weight excluding hydrogens is 692 g/mol. The van der Waals surface area contributed by atoms with Gasteiger partial charge in [-0.25, -0.2) is 0 Å². The van der Waals surface area contributed by atoms with Crippen molar-refractivity contribution < 1.29 is 51.0 Å². The average Bonchev–Trinajstić information content (AvgIpc) is 3.10. The maximum atomic E-state index is 10.5. The molecular formula is C28H49Cl2N3OPtS. The molecule has 0 heterocycles. The van der Waals surface area contributed by atoms with Gasteiger partial charge in [0.05, 0.1) is 6.10 Å². The Balaban J connectivity index is 0.00000216. The molecule has 4 N–H and O–H groups in total. The van der Waals surface area contributed by atoms with Crippen molar-refractivity contribution in [3.8, 4) is 0 Å². The van der Waals surface area contributed by atoms with Gasteiger partial charge in [0.15, 0.2) is 5.11 Å². The molecule has 36 heavy (non-hydrogen) atoms. The van der Waals surface area contributed by atoms with Crippen molar-refractivity contribution >= 4 is 23.0 Å². The number of halogens is 2. The predicted octanol–water partition coefficient (Wildman–Crippen LogP) is 0.273. The van der Waals surface area contributed by atoms with Crippen LogP contribution < -0.4 is 36.0 Å². The van der Waals surface area contributed by atoms with Crippen molar-refractivity contribution in [3.63, 3.8) is 0 Å². The number of nitrogens with two attached hydrogens (primary N) is 1. The van der Waals surface area contributed by atoms with Gasteiger partial charge >= 0.3 is 21.1 Å². The van der Waals surface area contributed by atoms with Gasteiger partial charge in [0.1, 0.15) is 0 Å². The fourth-order valence-corrected chi connectivity index (χ4v) is 9.37. The molecule has 9 atom stereocenters. The molecule has 0 saturated heterocycles. The Kier molecular flexibility index (Phi) is 13.2. The summed E-state index contributed by atoms with van der Waals surface area (Å²) in [6.07, 6.45) is 13.4. The molecule has 0 aromatic rings. The van der Waals surface area contributed by atoms with Crippen LogP contribution in [0.4, 0.5) is 0 Å². The Bertz CT molecular complexity index is 771. The van der Waals surface area contributed by atoms with Gasteiger partial charge in [0.25, 0.3) is 0 Å². The summed E-state index contributed by atoms with van der Waals surface area (Å²) < 4.78 is 0. The standard InChI is InChI=1S/C28H49N3OS.2ClH.Pt/c1-17(2)7-6-8-18(3)21-9-10-22-20-16-25(30-31-26(29)33)24-15-19(32)11-13-28(24,5)23(20)12-14-27(21,22)4;;;/h17-24,32H,6-16H2,1-5H3,(H3,29,31,33);2*1H;/q;;;+2/p-2/b30-25+;;;/t18-,19+,20+,21-,22+,23+,24?,27-,28-;;;/m1.../s1. The number of hydrogen-bond donors (Lipinski definition) is 3. The molecule has 4 aliphatic carbocycles. The average molecular weight is 742 g/mol. The number of thiocarbonyl (C=S) groups is 1. The first-order valence-electron chi connectivity index (χ1n) is 13.9. The van der Waals surface area contributed by atoms with E-state index in [0.717, 1.165) is 55.3 Å². The molecule has 1 unspecified atom stereocenters. The Morgan fingerprint density at radius 1 is 1.06 bits per heavy atom. The molecule has 4 rings (SSSR count). The van der Waals surface area contributed by atoms with Crippen LogP contribution in [-0.4, -0.2) is 22.0 Å². The van der Waals surface area contributed by atoms with Crippen molar-refractivity contribution in [3.05, 3.63) is 0 Å². The Labute approximate surface area is 252 Å². The van der Waals surface area contributed by atoms with E-state index in [2.05, 4.69) is 40.0 Å².